The van der Waals surface area contributed by atoms with Crippen LogP contribution in [-0.4, -0.2) is 0 Å². The summed E-state index contributed by atoms with van der Waals surface area (Å²) >= 11 is 0. The first-order valence-electron chi connectivity index (χ1n) is 3.00. The van der Waals surface area contributed by atoms with Crippen molar-refractivity contribution in [3.8, 4) is 0 Å². The summed E-state index contributed by atoms with van der Waals surface area (Å²) < 4.78 is 0. The average Bonchev–Trinajstić information content (AvgIpc) is 1.81. The predicted molar refractivity (Wildman–Crippen MR) is 34.0 cm³/mol. The molecule has 50 valence electrons. The molecule has 0 saturated heterocycles. The Bertz CT molecular complexity index is 4.14. The minimum atomic E-state index is 0. The van der Waals surface area contributed by atoms with Gasteiger partial charge in [0.05, 0.1) is 0 Å². The molecule has 0 unspecified atom stereocenters. The van der Waals surface area contributed by atoms with Gasteiger partial charge in [0.1, 0.15) is 0 Å². The predicted octanol–water partition coefficient (Wildman–Crippen LogP) is 3.08. The van der Waals surface area contributed by atoms with Crippen LogP contribution in [0.4, 0.5) is 0 Å². The molecule has 0 radical (unpaired) electrons. The molecule has 0 N–H and O–H groups in total. The quantitative estimate of drug-likeness (QED) is 0.472. The third kappa shape index (κ3) is 127. The molecule has 0 spiro atoms. The SMILES string of the molecule is CC.CC.CC.[Ar]. The molecule has 0 heterocycles. The summed E-state index contributed by atoms with van der Waals surface area (Å²) in [6.45, 7) is 12.0. The van der Waals surface area contributed by atoms with Crippen molar-refractivity contribution < 1.29 is 37.7 Å². The van der Waals surface area contributed by atoms with E-state index >= 15 is 0 Å². The van der Waals surface area contributed by atoms with Crippen molar-refractivity contribution in [1.29, 1.82) is 0 Å². The number of hydrogen-bond acceptors (Lipinski definition) is 0. The summed E-state index contributed by atoms with van der Waals surface area (Å²) in [5.41, 5.74) is 0. The monoisotopic (exact) mass is 130 g/mol. The van der Waals surface area contributed by atoms with Crippen molar-refractivity contribution in [2.45, 2.75) is 41.5 Å². The van der Waals surface area contributed by atoms with E-state index in [1.165, 1.54) is 0 Å². The zero-order valence-electron chi connectivity index (χ0n) is 6.35. The standard InChI is InChI=1S/3C2H6.Ar/c3*1-2;/h3*1-2H3;. The first-order valence-corrected chi connectivity index (χ1v) is 3.00. The van der Waals surface area contributed by atoms with Gasteiger partial charge in [0.15, 0.2) is 0 Å². The fourth-order valence-corrected chi connectivity index (χ4v) is 0. The van der Waals surface area contributed by atoms with Crippen molar-refractivity contribution in [2.24, 2.45) is 0 Å². The van der Waals surface area contributed by atoms with Gasteiger partial charge >= 0.3 is 0 Å². The molecule has 0 aliphatic rings. The third-order valence-electron chi connectivity index (χ3n) is 0. The third-order valence-corrected chi connectivity index (χ3v) is 0. The zero-order chi connectivity index (χ0) is 6.00. The Kier molecular flexibility index (Phi) is 614. The van der Waals surface area contributed by atoms with Crippen LogP contribution in [0.5, 0.6) is 0 Å². The van der Waals surface area contributed by atoms with Crippen molar-refractivity contribution in [3.05, 3.63) is 0 Å². The Balaban J connectivity index is -0.00000000900. The van der Waals surface area contributed by atoms with Crippen molar-refractivity contribution in [3.63, 3.8) is 0 Å². The minimum absolute atomic E-state index is 0. The van der Waals surface area contributed by atoms with E-state index in [1.54, 1.807) is 0 Å². The minimum Gasteiger partial charge on any atom is -0.0683 e. The molecule has 1 heteroatoms. The fourth-order valence-electron chi connectivity index (χ4n) is 0. The molecule has 0 aliphatic heterocycles. The van der Waals surface area contributed by atoms with E-state index < -0.39 is 0 Å². The first kappa shape index (κ1) is 24.0. The largest absolute Gasteiger partial charge is 0.0683 e. The maximum atomic E-state index is 2.00. The molecule has 7 heavy (non-hydrogen) atoms. The molecule has 0 saturated carbocycles. The van der Waals surface area contributed by atoms with Crippen molar-refractivity contribution in [1.82, 2.24) is 0 Å². The van der Waals surface area contributed by atoms with Gasteiger partial charge in [-0.1, -0.05) is 41.5 Å². The number of rotatable bonds is 0. The Hall–Kier alpha value is 1.26. The molecule has 0 aromatic rings. The smallest absolute Gasteiger partial charge is 0 e. The van der Waals surface area contributed by atoms with Gasteiger partial charge in [0.2, 0.25) is 0 Å². The second-order valence-electron chi connectivity index (χ2n) is 0. The maximum absolute atomic E-state index is 2.00. The molecule has 0 fully saturated rings. The van der Waals surface area contributed by atoms with Gasteiger partial charge in [-0.2, -0.15) is 0 Å². The average molecular weight is 130 g/mol. The summed E-state index contributed by atoms with van der Waals surface area (Å²) in [6, 6.07) is 0. The molecule has 0 bridgehead atoms. The van der Waals surface area contributed by atoms with Crippen LogP contribution in [0.25, 0.3) is 0 Å². The van der Waals surface area contributed by atoms with Crippen LogP contribution in [0.2, 0.25) is 0 Å². The van der Waals surface area contributed by atoms with E-state index in [-0.39, 0.29) is 37.7 Å². The molecule has 0 rings (SSSR count). The fraction of sp³-hybridized carbons (Fsp3) is 1.00. The van der Waals surface area contributed by atoms with Gasteiger partial charge in [-0.05, 0) is 0 Å². The summed E-state index contributed by atoms with van der Waals surface area (Å²) in [5, 5.41) is 0. The van der Waals surface area contributed by atoms with Gasteiger partial charge in [-0.25, -0.2) is 0 Å². The normalized spacial score (nSPS) is 2.57. The molecule has 0 amide bonds. The molecular weight excluding hydrogens is 112 g/mol. The molecule has 0 aromatic heterocycles. The van der Waals surface area contributed by atoms with Crippen LogP contribution in [0.1, 0.15) is 41.5 Å². The maximum Gasteiger partial charge on any atom is 0 e. The topological polar surface area (TPSA) is 0 Å². The number of hydrogen-bond donors (Lipinski definition) is 0. The van der Waals surface area contributed by atoms with E-state index in [1.807, 2.05) is 41.5 Å². The summed E-state index contributed by atoms with van der Waals surface area (Å²) in [5.74, 6) is 0. The van der Waals surface area contributed by atoms with Gasteiger partial charge in [-0.15, -0.1) is 0 Å². The first-order chi connectivity index (χ1) is 3.00. The van der Waals surface area contributed by atoms with Crippen LogP contribution >= 0.6 is 0 Å². The zero-order valence-corrected chi connectivity index (χ0v) is 7.06. The molecular formula is C6H18Ar. The molecule has 0 aromatic carbocycles. The van der Waals surface area contributed by atoms with E-state index in [4.69, 9.17) is 0 Å². The van der Waals surface area contributed by atoms with Gasteiger partial charge in [0, 0.05) is 37.7 Å². The molecule has 0 atom stereocenters. The second-order valence-corrected chi connectivity index (χ2v) is 0. The molecule has 0 aliphatic carbocycles. The Labute approximate surface area is 78.7 Å². The van der Waals surface area contributed by atoms with Gasteiger partial charge in [0.25, 0.3) is 0 Å². The van der Waals surface area contributed by atoms with E-state index in [0.717, 1.165) is 0 Å². The van der Waals surface area contributed by atoms with Crippen LogP contribution in [0.3, 0.4) is 0 Å². The van der Waals surface area contributed by atoms with Gasteiger partial charge in [-0.3, -0.25) is 0 Å². The summed E-state index contributed by atoms with van der Waals surface area (Å²) in [6.07, 6.45) is 0. The van der Waals surface area contributed by atoms with Crippen LogP contribution < -0.4 is 0 Å². The van der Waals surface area contributed by atoms with E-state index in [2.05, 4.69) is 0 Å². The Morgan fingerprint density at radius 2 is 0.429 bits per heavy atom. The van der Waals surface area contributed by atoms with E-state index in [9.17, 15) is 0 Å². The van der Waals surface area contributed by atoms with Crippen molar-refractivity contribution in [2.75, 3.05) is 0 Å². The summed E-state index contributed by atoms with van der Waals surface area (Å²) in [7, 11) is 0. The molecule has 0 nitrogen and oxygen atoms in total. The van der Waals surface area contributed by atoms with Crippen LogP contribution in [-0.2, 0) is 0 Å². The van der Waals surface area contributed by atoms with E-state index in [0.29, 0.717) is 0 Å². The van der Waals surface area contributed by atoms with Crippen LogP contribution in [0, 0.1) is 37.7 Å². The summed E-state index contributed by atoms with van der Waals surface area (Å²) in [4.78, 5) is 0. The van der Waals surface area contributed by atoms with Crippen molar-refractivity contribution >= 4 is 0 Å². The second kappa shape index (κ2) is 179. The van der Waals surface area contributed by atoms with Crippen LogP contribution in [0.15, 0.2) is 0 Å². The Morgan fingerprint density at radius 1 is 0.429 bits per heavy atom. The van der Waals surface area contributed by atoms with Gasteiger partial charge < -0.3 is 0 Å². The Morgan fingerprint density at radius 3 is 0.429 bits per heavy atom.